The van der Waals surface area contributed by atoms with Gasteiger partial charge in [-0.1, -0.05) is 18.9 Å². The minimum atomic E-state index is -0.212. The van der Waals surface area contributed by atoms with Crippen LogP contribution in [0.25, 0.3) is 0 Å². The van der Waals surface area contributed by atoms with Crippen LogP contribution < -0.4 is 5.32 Å². The van der Waals surface area contributed by atoms with Gasteiger partial charge < -0.3 is 5.32 Å². The average molecular weight is 239 g/mol. The Hall–Kier alpha value is -1.09. The van der Waals surface area contributed by atoms with Gasteiger partial charge in [0.05, 0.1) is 5.54 Å². The van der Waals surface area contributed by atoms with Gasteiger partial charge in [-0.25, -0.2) is 0 Å². The molecular formula is C12H15ClN2O. The first-order valence-electron chi connectivity index (χ1n) is 5.55. The molecule has 0 atom stereocenters. The third-order valence-corrected chi connectivity index (χ3v) is 3.60. The molecule has 0 aliphatic heterocycles. The number of hydrogen-bond donors (Lipinski definition) is 1. The van der Waals surface area contributed by atoms with Crippen LogP contribution in [0, 0.1) is 0 Å². The third-order valence-electron chi connectivity index (χ3n) is 3.09. The second-order valence-electron chi connectivity index (χ2n) is 4.29. The summed E-state index contributed by atoms with van der Waals surface area (Å²) < 4.78 is 0. The predicted octanol–water partition coefficient (Wildman–Crippen LogP) is 2.36. The van der Waals surface area contributed by atoms with E-state index in [4.69, 9.17) is 11.6 Å². The summed E-state index contributed by atoms with van der Waals surface area (Å²) in [7, 11) is 0. The van der Waals surface area contributed by atoms with Crippen LogP contribution in [0.3, 0.4) is 0 Å². The van der Waals surface area contributed by atoms with Crippen molar-refractivity contribution in [2.45, 2.75) is 31.2 Å². The lowest BCUT2D eigenvalue weighted by Gasteiger charge is -2.27. The van der Waals surface area contributed by atoms with E-state index in [9.17, 15) is 4.79 Å². The van der Waals surface area contributed by atoms with Crippen molar-refractivity contribution in [1.82, 2.24) is 10.3 Å². The number of alkyl halides is 1. The number of halogens is 1. The van der Waals surface area contributed by atoms with Gasteiger partial charge in [0.15, 0.2) is 0 Å². The molecule has 1 heterocycles. The molecule has 86 valence electrons. The van der Waals surface area contributed by atoms with E-state index in [-0.39, 0.29) is 11.4 Å². The fourth-order valence-electron chi connectivity index (χ4n) is 2.15. The average Bonchev–Trinajstić information content (AvgIpc) is 2.79. The van der Waals surface area contributed by atoms with Crippen molar-refractivity contribution >= 4 is 17.5 Å². The number of nitrogens with one attached hydrogen (secondary N) is 1. The van der Waals surface area contributed by atoms with E-state index in [0.717, 1.165) is 25.7 Å². The van der Waals surface area contributed by atoms with Gasteiger partial charge in [0.25, 0.3) is 5.91 Å². The summed E-state index contributed by atoms with van der Waals surface area (Å²) in [4.78, 5) is 16.0. The van der Waals surface area contributed by atoms with E-state index in [2.05, 4.69) is 10.3 Å². The van der Waals surface area contributed by atoms with Crippen molar-refractivity contribution in [2.24, 2.45) is 0 Å². The molecule has 0 aromatic carbocycles. The van der Waals surface area contributed by atoms with Crippen LogP contribution in [0.4, 0.5) is 0 Å². The summed E-state index contributed by atoms with van der Waals surface area (Å²) in [5.74, 6) is 0.356. The van der Waals surface area contributed by atoms with E-state index in [0.29, 0.717) is 11.6 Å². The fourth-order valence-corrected chi connectivity index (χ4v) is 2.48. The molecule has 0 radical (unpaired) electrons. The van der Waals surface area contributed by atoms with Crippen molar-refractivity contribution in [2.75, 3.05) is 5.88 Å². The Kier molecular flexibility index (Phi) is 3.44. The summed E-state index contributed by atoms with van der Waals surface area (Å²) in [6.45, 7) is 0. The Morgan fingerprint density at radius 2 is 2.19 bits per heavy atom. The van der Waals surface area contributed by atoms with Crippen LogP contribution in [-0.2, 0) is 0 Å². The van der Waals surface area contributed by atoms with Crippen LogP contribution in [0.2, 0.25) is 0 Å². The Labute approximate surface area is 100 Å². The normalized spacial score (nSPS) is 18.3. The molecule has 1 aliphatic rings. The molecule has 1 saturated carbocycles. The van der Waals surface area contributed by atoms with Crippen LogP contribution in [0.1, 0.15) is 36.2 Å². The summed E-state index contributed by atoms with van der Waals surface area (Å²) >= 11 is 5.96. The molecule has 1 aromatic heterocycles. The molecule has 0 bridgehead atoms. The van der Waals surface area contributed by atoms with Crippen LogP contribution in [-0.4, -0.2) is 22.3 Å². The van der Waals surface area contributed by atoms with Gasteiger partial charge in [-0.15, -0.1) is 11.6 Å². The first kappa shape index (κ1) is 11.4. The van der Waals surface area contributed by atoms with Gasteiger partial charge in [0.1, 0.15) is 5.69 Å². The molecule has 1 amide bonds. The second kappa shape index (κ2) is 4.83. The second-order valence-corrected chi connectivity index (χ2v) is 4.56. The lowest BCUT2D eigenvalue weighted by molar-refractivity contribution is 0.0904. The van der Waals surface area contributed by atoms with E-state index in [1.54, 1.807) is 18.3 Å². The van der Waals surface area contributed by atoms with Crippen molar-refractivity contribution in [3.63, 3.8) is 0 Å². The van der Waals surface area contributed by atoms with E-state index in [1.165, 1.54) is 0 Å². The highest BCUT2D eigenvalue weighted by atomic mass is 35.5. The minimum Gasteiger partial charge on any atom is -0.344 e. The highest BCUT2D eigenvalue weighted by Gasteiger charge is 2.34. The summed E-state index contributed by atoms with van der Waals surface area (Å²) in [6.07, 6.45) is 5.82. The zero-order chi connectivity index (χ0) is 11.4. The third kappa shape index (κ3) is 2.35. The van der Waals surface area contributed by atoms with Crippen LogP contribution in [0.15, 0.2) is 24.4 Å². The minimum absolute atomic E-state index is 0.122. The number of pyridine rings is 1. The van der Waals surface area contributed by atoms with E-state index < -0.39 is 0 Å². The SMILES string of the molecule is O=C(NC1(CCl)CCCC1)c1ccccn1. The first-order valence-corrected chi connectivity index (χ1v) is 6.09. The number of nitrogens with zero attached hydrogens (tertiary/aromatic N) is 1. The lowest BCUT2D eigenvalue weighted by atomic mass is 10.0. The Balaban J connectivity index is 2.07. The van der Waals surface area contributed by atoms with Gasteiger partial charge in [-0.05, 0) is 25.0 Å². The van der Waals surface area contributed by atoms with Crippen molar-refractivity contribution in [1.29, 1.82) is 0 Å². The molecule has 16 heavy (non-hydrogen) atoms. The number of hydrogen-bond acceptors (Lipinski definition) is 2. The van der Waals surface area contributed by atoms with Crippen LogP contribution in [0.5, 0.6) is 0 Å². The van der Waals surface area contributed by atoms with Gasteiger partial charge in [-0.3, -0.25) is 9.78 Å². The largest absolute Gasteiger partial charge is 0.344 e. The molecule has 1 aromatic rings. The molecule has 4 heteroatoms. The molecule has 0 spiro atoms. The molecule has 0 unspecified atom stereocenters. The number of carbonyl (C=O) groups is 1. The summed E-state index contributed by atoms with van der Waals surface area (Å²) in [5, 5.41) is 3.02. The topological polar surface area (TPSA) is 42.0 Å². The first-order chi connectivity index (χ1) is 7.76. The number of aromatic nitrogens is 1. The molecule has 3 nitrogen and oxygen atoms in total. The standard InChI is InChI=1S/C12H15ClN2O/c13-9-12(6-2-3-7-12)15-11(16)10-5-1-4-8-14-10/h1,4-5,8H,2-3,6-7,9H2,(H,15,16). The lowest BCUT2D eigenvalue weighted by Crippen LogP contribution is -2.48. The Morgan fingerprint density at radius 1 is 1.44 bits per heavy atom. The molecule has 1 fully saturated rings. The predicted molar refractivity (Wildman–Crippen MR) is 63.6 cm³/mol. The highest BCUT2D eigenvalue weighted by Crippen LogP contribution is 2.30. The zero-order valence-electron chi connectivity index (χ0n) is 9.08. The van der Waals surface area contributed by atoms with Gasteiger partial charge in [0, 0.05) is 12.1 Å². The van der Waals surface area contributed by atoms with Gasteiger partial charge in [0.2, 0.25) is 0 Å². The molecule has 0 saturated heterocycles. The van der Waals surface area contributed by atoms with Crippen molar-refractivity contribution in [3.8, 4) is 0 Å². The molecule has 1 aliphatic carbocycles. The number of amides is 1. The number of rotatable bonds is 3. The van der Waals surface area contributed by atoms with Crippen molar-refractivity contribution < 1.29 is 4.79 Å². The summed E-state index contributed by atoms with van der Waals surface area (Å²) in [5.41, 5.74) is 0.245. The molecular weight excluding hydrogens is 224 g/mol. The highest BCUT2D eigenvalue weighted by molar-refractivity contribution is 6.19. The summed E-state index contributed by atoms with van der Waals surface area (Å²) in [6, 6.07) is 5.32. The smallest absolute Gasteiger partial charge is 0.270 e. The maximum atomic E-state index is 11.9. The zero-order valence-corrected chi connectivity index (χ0v) is 9.83. The molecule has 2 rings (SSSR count). The maximum absolute atomic E-state index is 11.9. The monoisotopic (exact) mass is 238 g/mol. The van der Waals surface area contributed by atoms with Gasteiger partial charge >= 0.3 is 0 Å². The molecule has 1 N–H and O–H groups in total. The Morgan fingerprint density at radius 3 is 2.75 bits per heavy atom. The Bertz CT molecular complexity index is 361. The van der Waals surface area contributed by atoms with Crippen LogP contribution >= 0.6 is 11.6 Å². The van der Waals surface area contributed by atoms with Gasteiger partial charge in [-0.2, -0.15) is 0 Å². The van der Waals surface area contributed by atoms with E-state index >= 15 is 0 Å². The van der Waals surface area contributed by atoms with Crippen molar-refractivity contribution in [3.05, 3.63) is 30.1 Å². The number of carbonyl (C=O) groups excluding carboxylic acids is 1. The maximum Gasteiger partial charge on any atom is 0.270 e. The fraction of sp³-hybridized carbons (Fsp3) is 0.500. The quantitative estimate of drug-likeness (QED) is 0.822. The van der Waals surface area contributed by atoms with E-state index in [1.807, 2.05) is 6.07 Å².